The summed E-state index contributed by atoms with van der Waals surface area (Å²) in [6.45, 7) is 0. The van der Waals surface area contributed by atoms with Gasteiger partial charge in [-0.15, -0.1) is 28.6 Å². The second kappa shape index (κ2) is 8.17. The van der Waals surface area contributed by atoms with E-state index in [2.05, 4.69) is 57.1 Å². The number of halogens is 1. The van der Waals surface area contributed by atoms with Gasteiger partial charge in [0.1, 0.15) is 5.70 Å². The van der Waals surface area contributed by atoms with Crippen molar-refractivity contribution in [3.8, 4) is 0 Å². The largest absolute Gasteiger partial charge is 0.150 e. The van der Waals surface area contributed by atoms with Crippen LogP contribution in [-0.4, -0.2) is 11.5 Å². The van der Waals surface area contributed by atoms with E-state index in [1.807, 2.05) is 53.9 Å². The maximum Gasteiger partial charge on any atom is 0.113 e. The van der Waals surface area contributed by atoms with Gasteiger partial charge in [-0.05, 0) is 64.8 Å². The summed E-state index contributed by atoms with van der Waals surface area (Å²) in [6.07, 6.45) is 1.26. The lowest BCUT2D eigenvalue weighted by atomic mass is 10.2. The summed E-state index contributed by atoms with van der Waals surface area (Å²) in [5, 5.41) is 9.01. The molecule has 1 aliphatic rings. The molecule has 2 nitrogen and oxygen atoms in total. The van der Waals surface area contributed by atoms with Crippen molar-refractivity contribution in [1.82, 2.24) is 0 Å². The molecule has 0 radical (unpaired) electrons. The Morgan fingerprint density at radius 1 is 0.909 bits per heavy atom. The molecule has 0 amide bonds. The highest BCUT2D eigenvalue weighted by atomic mass is 127. The highest BCUT2D eigenvalue weighted by molar-refractivity contribution is 14.1. The molecule has 1 heterocycles. The van der Waals surface area contributed by atoms with Gasteiger partial charge in [0.05, 0.1) is 9.92 Å². The van der Waals surface area contributed by atoms with Crippen LogP contribution in [0.15, 0.2) is 69.1 Å². The molecule has 1 fully saturated rings. The highest BCUT2D eigenvalue weighted by Crippen LogP contribution is 2.41. The third-order valence-corrected chi connectivity index (χ3v) is 6.41. The minimum absolute atomic E-state index is 0.889. The van der Waals surface area contributed by atoms with Gasteiger partial charge in [0.25, 0.3) is 0 Å². The van der Waals surface area contributed by atoms with E-state index in [-0.39, 0.29) is 0 Å². The van der Waals surface area contributed by atoms with Gasteiger partial charge in [-0.25, -0.2) is 0 Å². The fourth-order valence-electron chi connectivity index (χ4n) is 1.99. The quantitative estimate of drug-likeness (QED) is 0.400. The molecule has 0 spiro atoms. The van der Waals surface area contributed by atoms with Gasteiger partial charge in [0.2, 0.25) is 0 Å². The Balaban J connectivity index is 1.93. The molecule has 0 unspecified atom stereocenters. The molecule has 0 aromatic heterocycles. The zero-order valence-electron chi connectivity index (χ0n) is 11.9. The summed E-state index contributed by atoms with van der Waals surface area (Å²) in [5.41, 5.74) is 3.02. The normalized spacial score (nSPS) is 15.2. The summed E-state index contributed by atoms with van der Waals surface area (Å²) in [7, 11) is 0. The summed E-state index contributed by atoms with van der Waals surface area (Å²) in [6, 6.07) is 18.4. The first-order chi connectivity index (χ1) is 10.8. The van der Waals surface area contributed by atoms with Crippen LogP contribution in [0.2, 0.25) is 0 Å². The van der Waals surface area contributed by atoms with E-state index in [1.165, 1.54) is 14.2 Å². The second-order valence-electron chi connectivity index (χ2n) is 4.73. The summed E-state index contributed by atoms with van der Waals surface area (Å²) >= 11 is 6.08. The SMILES string of the molecule is Ic1ccc(N=NC(=C2SCCCS2)c2ccccc2)cc1. The molecule has 0 aliphatic carbocycles. The molecule has 112 valence electrons. The van der Waals surface area contributed by atoms with Crippen molar-refractivity contribution >= 4 is 57.5 Å². The van der Waals surface area contributed by atoms with Crippen LogP contribution in [0.1, 0.15) is 12.0 Å². The molecule has 0 saturated carbocycles. The fourth-order valence-corrected chi connectivity index (χ4v) is 4.91. The predicted octanol–water partition coefficient (Wildman–Crippen LogP) is 6.57. The molecule has 1 saturated heterocycles. The van der Waals surface area contributed by atoms with Gasteiger partial charge in [-0.3, -0.25) is 0 Å². The van der Waals surface area contributed by atoms with Crippen LogP contribution in [0.3, 0.4) is 0 Å². The van der Waals surface area contributed by atoms with Gasteiger partial charge in [-0.1, -0.05) is 30.3 Å². The van der Waals surface area contributed by atoms with E-state index in [9.17, 15) is 0 Å². The molecule has 22 heavy (non-hydrogen) atoms. The van der Waals surface area contributed by atoms with Crippen LogP contribution >= 0.6 is 46.1 Å². The minimum atomic E-state index is 0.889. The Labute approximate surface area is 153 Å². The van der Waals surface area contributed by atoms with E-state index >= 15 is 0 Å². The van der Waals surface area contributed by atoms with Crippen molar-refractivity contribution in [2.24, 2.45) is 10.2 Å². The molecule has 0 atom stereocenters. The Morgan fingerprint density at radius 2 is 1.59 bits per heavy atom. The predicted molar refractivity (Wildman–Crippen MR) is 107 cm³/mol. The highest BCUT2D eigenvalue weighted by Gasteiger charge is 2.14. The van der Waals surface area contributed by atoms with Crippen molar-refractivity contribution in [1.29, 1.82) is 0 Å². The van der Waals surface area contributed by atoms with E-state index in [0.717, 1.165) is 28.5 Å². The Bertz CT molecular complexity index is 674. The fraction of sp³-hybridized carbons (Fsp3) is 0.176. The standard InChI is InChI=1S/C17H15IN2S2/c18-14-7-9-15(10-8-14)19-20-16(13-5-2-1-3-6-13)17-21-11-4-12-22-17/h1-3,5-10H,4,11-12H2. The number of azo groups is 1. The average Bonchev–Trinajstić information content (AvgIpc) is 2.59. The molecular formula is C17H15IN2S2. The molecule has 0 bridgehead atoms. The summed E-state index contributed by atoms with van der Waals surface area (Å²) < 4.78 is 2.49. The lowest BCUT2D eigenvalue weighted by Crippen LogP contribution is -1.94. The lowest BCUT2D eigenvalue weighted by molar-refractivity contribution is 1.12. The van der Waals surface area contributed by atoms with E-state index < -0.39 is 0 Å². The van der Waals surface area contributed by atoms with Gasteiger partial charge in [0.15, 0.2) is 0 Å². The third-order valence-electron chi connectivity index (χ3n) is 3.09. The summed E-state index contributed by atoms with van der Waals surface area (Å²) in [5.74, 6) is 2.33. The maximum absolute atomic E-state index is 4.58. The van der Waals surface area contributed by atoms with Crippen LogP contribution in [-0.2, 0) is 0 Å². The van der Waals surface area contributed by atoms with Crippen molar-refractivity contribution in [2.75, 3.05) is 11.5 Å². The smallest absolute Gasteiger partial charge is 0.113 e. The first kappa shape index (κ1) is 16.1. The average molecular weight is 438 g/mol. The first-order valence-corrected chi connectivity index (χ1v) is 10.1. The molecule has 2 aromatic rings. The van der Waals surface area contributed by atoms with Crippen LogP contribution in [0.4, 0.5) is 5.69 Å². The van der Waals surface area contributed by atoms with Gasteiger partial charge in [0, 0.05) is 9.13 Å². The van der Waals surface area contributed by atoms with Crippen LogP contribution in [0.5, 0.6) is 0 Å². The Morgan fingerprint density at radius 3 is 2.27 bits per heavy atom. The topological polar surface area (TPSA) is 24.7 Å². The van der Waals surface area contributed by atoms with Crippen molar-refractivity contribution in [3.63, 3.8) is 0 Å². The number of benzene rings is 2. The Kier molecular flexibility index (Phi) is 5.97. The third kappa shape index (κ3) is 4.36. The lowest BCUT2D eigenvalue weighted by Gasteiger charge is -2.15. The molecular weight excluding hydrogens is 423 g/mol. The second-order valence-corrected chi connectivity index (χ2v) is 8.44. The summed E-state index contributed by atoms with van der Waals surface area (Å²) in [4.78, 5) is 0. The van der Waals surface area contributed by atoms with Gasteiger partial charge < -0.3 is 0 Å². The molecule has 0 N–H and O–H groups in total. The molecule has 3 rings (SSSR count). The number of hydrogen-bond acceptors (Lipinski definition) is 4. The Hall–Kier alpha value is -0.790. The maximum atomic E-state index is 4.58. The monoisotopic (exact) mass is 438 g/mol. The van der Waals surface area contributed by atoms with Gasteiger partial charge >= 0.3 is 0 Å². The van der Waals surface area contributed by atoms with Crippen molar-refractivity contribution < 1.29 is 0 Å². The number of rotatable bonds is 3. The van der Waals surface area contributed by atoms with Crippen LogP contribution < -0.4 is 0 Å². The molecule has 5 heteroatoms. The number of nitrogens with zero attached hydrogens (tertiary/aromatic N) is 2. The molecule has 1 aliphatic heterocycles. The van der Waals surface area contributed by atoms with Gasteiger partial charge in [-0.2, -0.15) is 5.11 Å². The van der Waals surface area contributed by atoms with Crippen molar-refractivity contribution in [3.05, 3.63) is 68.0 Å². The zero-order valence-corrected chi connectivity index (χ0v) is 15.7. The van der Waals surface area contributed by atoms with E-state index in [1.54, 1.807) is 0 Å². The number of thioether (sulfide) groups is 2. The van der Waals surface area contributed by atoms with E-state index in [0.29, 0.717) is 0 Å². The zero-order chi connectivity index (χ0) is 15.2. The van der Waals surface area contributed by atoms with E-state index in [4.69, 9.17) is 0 Å². The van der Waals surface area contributed by atoms with Crippen LogP contribution in [0, 0.1) is 3.57 Å². The van der Waals surface area contributed by atoms with Crippen LogP contribution in [0.25, 0.3) is 5.70 Å². The number of hydrogen-bond donors (Lipinski definition) is 0. The first-order valence-electron chi connectivity index (χ1n) is 7.05. The van der Waals surface area contributed by atoms with Crippen molar-refractivity contribution in [2.45, 2.75) is 6.42 Å². The molecule has 2 aromatic carbocycles. The minimum Gasteiger partial charge on any atom is -0.150 e.